The minimum atomic E-state index is -1.20. The van der Waals surface area contributed by atoms with Crippen molar-refractivity contribution in [2.45, 2.75) is 27.7 Å². The highest BCUT2D eigenvalue weighted by atomic mass is 32.1. The van der Waals surface area contributed by atoms with Gasteiger partial charge in [-0.3, -0.25) is 10.1 Å². The second-order valence-corrected chi connectivity index (χ2v) is 6.00. The van der Waals surface area contributed by atoms with Crippen molar-refractivity contribution >= 4 is 34.2 Å². The molecule has 0 saturated heterocycles. The van der Waals surface area contributed by atoms with Gasteiger partial charge >= 0.3 is 6.09 Å². The molecule has 3 N–H and O–H groups in total. The van der Waals surface area contributed by atoms with Gasteiger partial charge in [-0.1, -0.05) is 17.4 Å². The maximum absolute atomic E-state index is 12.4. The highest BCUT2D eigenvalue weighted by molar-refractivity contribution is 7.17. The molecule has 0 spiro atoms. The van der Waals surface area contributed by atoms with Crippen LogP contribution in [-0.4, -0.2) is 22.1 Å². The fourth-order valence-corrected chi connectivity index (χ4v) is 2.87. The standard InChI is InChI=1S/C15H17N3O3S/c1-7-5-6-11(9(3)8(7)2)17-13(19)12-10(4)16-14(22-12)18-15(20)21/h5-6H,1-4H3,(H,16,18)(H,17,19)(H,20,21). The quantitative estimate of drug-likeness (QED) is 0.804. The summed E-state index contributed by atoms with van der Waals surface area (Å²) in [5, 5.41) is 13.9. The third kappa shape index (κ3) is 3.25. The molecule has 0 saturated carbocycles. The first-order valence-electron chi connectivity index (χ1n) is 6.65. The van der Waals surface area contributed by atoms with E-state index in [0.717, 1.165) is 33.7 Å². The van der Waals surface area contributed by atoms with E-state index in [-0.39, 0.29) is 11.0 Å². The van der Waals surface area contributed by atoms with Crippen molar-refractivity contribution in [1.29, 1.82) is 0 Å². The SMILES string of the molecule is Cc1ccc(NC(=O)c2sc(NC(=O)O)nc2C)c(C)c1C. The molecule has 0 aliphatic heterocycles. The first kappa shape index (κ1) is 16.0. The Kier molecular flexibility index (Phi) is 4.46. The van der Waals surface area contributed by atoms with Crippen LogP contribution in [0.2, 0.25) is 0 Å². The van der Waals surface area contributed by atoms with Crippen LogP contribution in [-0.2, 0) is 0 Å². The molecule has 6 nitrogen and oxygen atoms in total. The van der Waals surface area contributed by atoms with Gasteiger partial charge in [-0.25, -0.2) is 9.78 Å². The summed E-state index contributed by atoms with van der Waals surface area (Å²) in [6, 6.07) is 3.82. The van der Waals surface area contributed by atoms with Crippen LogP contribution in [0.5, 0.6) is 0 Å². The number of hydrogen-bond acceptors (Lipinski definition) is 4. The molecule has 0 radical (unpaired) electrons. The van der Waals surface area contributed by atoms with Crippen molar-refractivity contribution in [2.75, 3.05) is 10.6 Å². The molecule has 2 rings (SSSR count). The van der Waals surface area contributed by atoms with E-state index >= 15 is 0 Å². The van der Waals surface area contributed by atoms with Gasteiger partial charge in [-0.05, 0) is 50.5 Å². The largest absolute Gasteiger partial charge is 0.465 e. The molecule has 1 aromatic carbocycles. The van der Waals surface area contributed by atoms with Gasteiger partial charge in [-0.2, -0.15) is 0 Å². The maximum atomic E-state index is 12.4. The Labute approximate surface area is 132 Å². The molecule has 116 valence electrons. The average molecular weight is 319 g/mol. The topological polar surface area (TPSA) is 91.3 Å². The summed E-state index contributed by atoms with van der Waals surface area (Å²) >= 11 is 1.01. The Hall–Kier alpha value is -2.41. The normalized spacial score (nSPS) is 10.4. The molecule has 2 amide bonds. The number of amides is 2. The lowest BCUT2D eigenvalue weighted by atomic mass is 10.0. The van der Waals surface area contributed by atoms with E-state index in [1.807, 2.05) is 32.9 Å². The van der Waals surface area contributed by atoms with Gasteiger partial charge in [0.2, 0.25) is 0 Å². The minimum Gasteiger partial charge on any atom is -0.465 e. The zero-order valence-electron chi connectivity index (χ0n) is 12.8. The van der Waals surface area contributed by atoms with E-state index in [1.165, 1.54) is 0 Å². The van der Waals surface area contributed by atoms with Crippen LogP contribution in [0.3, 0.4) is 0 Å². The molecule has 2 aromatic rings. The second-order valence-electron chi connectivity index (χ2n) is 5.00. The Morgan fingerprint density at radius 2 is 1.77 bits per heavy atom. The number of rotatable bonds is 3. The number of benzene rings is 1. The number of aromatic nitrogens is 1. The average Bonchev–Trinajstić information content (AvgIpc) is 2.79. The molecule has 0 unspecified atom stereocenters. The third-order valence-electron chi connectivity index (χ3n) is 3.52. The van der Waals surface area contributed by atoms with Crippen molar-refractivity contribution in [3.05, 3.63) is 39.4 Å². The van der Waals surface area contributed by atoms with Gasteiger partial charge in [-0.15, -0.1) is 0 Å². The Balaban J connectivity index is 2.25. The van der Waals surface area contributed by atoms with Crippen molar-refractivity contribution in [1.82, 2.24) is 4.98 Å². The molecule has 22 heavy (non-hydrogen) atoms. The summed E-state index contributed by atoms with van der Waals surface area (Å²) in [6.07, 6.45) is -1.20. The van der Waals surface area contributed by atoms with Crippen LogP contribution in [0.25, 0.3) is 0 Å². The summed E-state index contributed by atoms with van der Waals surface area (Å²) in [7, 11) is 0. The van der Waals surface area contributed by atoms with E-state index in [4.69, 9.17) is 5.11 Å². The minimum absolute atomic E-state index is 0.187. The molecule has 7 heteroatoms. The Morgan fingerprint density at radius 1 is 1.09 bits per heavy atom. The zero-order chi connectivity index (χ0) is 16.4. The van der Waals surface area contributed by atoms with Crippen LogP contribution >= 0.6 is 11.3 Å². The lowest BCUT2D eigenvalue weighted by Gasteiger charge is -2.12. The monoisotopic (exact) mass is 319 g/mol. The first-order valence-corrected chi connectivity index (χ1v) is 7.46. The summed E-state index contributed by atoms with van der Waals surface area (Å²) in [5.74, 6) is -0.292. The van der Waals surface area contributed by atoms with E-state index in [9.17, 15) is 9.59 Å². The predicted octanol–water partition coefficient (Wildman–Crippen LogP) is 3.72. The highest BCUT2D eigenvalue weighted by Gasteiger charge is 2.17. The number of nitrogens with zero attached hydrogens (tertiary/aromatic N) is 1. The zero-order valence-corrected chi connectivity index (χ0v) is 13.6. The maximum Gasteiger partial charge on any atom is 0.410 e. The number of carbonyl (C=O) groups is 2. The second kappa shape index (κ2) is 6.15. The number of hydrogen-bond donors (Lipinski definition) is 3. The van der Waals surface area contributed by atoms with Crippen LogP contribution in [0.1, 0.15) is 32.1 Å². The smallest absolute Gasteiger partial charge is 0.410 e. The van der Waals surface area contributed by atoms with Gasteiger partial charge in [0.25, 0.3) is 5.91 Å². The number of thiazole rings is 1. The van der Waals surface area contributed by atoms with Crippen molar-refractivity contribution in [3.63, 3.8) is 0 Å². The van der Waals surface area contributed by atoms with E-state index in [0.29, 0.717) is 10.6 Å². The van der Waals surface area contributed by atoms with Gasteiger partial charge in [0, 0.05) is 5.69 Å². The first-order chi connectivity index (χ1) is 10.3. The Bertz CT molecular complexity index is 753. The number of anilines is 2. The van der Waals surface area contributed by atoms with Crippen molar-refractivity contribution in [3.8, 4) is 0 Å². The molecule has 1 heterocycles. The van der Waals surface area contributed by atoms with Gasteiger partial charge in [0.15, 0.2) is 5.13 Å². The highest BCUT2D eigenvalue weighted by Crippen LogP contribution is 2.26. The molecule has 0 atom stereocenters. The molecular formula is C15H17N3O3S. The van der Waals surface area contributed by atoms with Gasteiger partial charge in [0.05, 0.1) is 5.69 Å². The number of carboxylic acid groups (broad SMARTS) is 1. The molecule has 0 aliphatic rings. The van der Waals surface area contributed by atoms with Crippen molar-refractivity contribution < 1.29 is 14.7 Å². The van der Waals surface area contributed by atoms with Gasteiger partial charge in [0.1, 0.15) is 4.88 Å². The van der Waals surface area contributed by atoms with E-state index in [1.54, 1.807) is 6.92 Å². The summed E-state index contributed by atoms with van der Waals surface area (Å²) in [4.78, 5) is 27.4. The van der Waals surface area contributed by atoms with Crippen molar-refractivity contribution in [2.24, 2.45) is 0 Å². The van der Waals surface area contributed by atoms with E-state index < -0.39 is 6.09 Å². The van der Waals surface area contributed by atoms with Gasteiger partial charge < -0.3 is 10.4 Å². The lowest BCUT2D eigenvalue weighted by Crippen LogP contribution is -2.13. The number of nitrogens with one attached hydrogen (secondary N) is 2. The van der Waals surface area contributed by atoms with Crippen LogP contribution in [0, 0.1) is 27.7 Å². The summed E-state index contributed by atoms with van der Waals surface area (Å²) in [6.45, 7) is 7.65. The fourth-order valence-electron chi connectivity index (χ4n) is 2.02. The van der Waals surface area contributed by atoms with Crippen LogP contribution in [0.4, 0.5) is 15.6 Å². The predicted molar refractivity (Wildman–Crippen MR) is 87.1 cm³/mol. The van der Waals surface area contributed by atoms with E-state index in [2.05, 4.69) is 15.6 Å². The fraction of sp³-hybridized carbons (Fsp3) is 0.267. The molecule has 1 aromatic heterocycles. The third-order valence-corrected chi connectivity index (χ3v) is 4.59. The molecule has 0 aliphatic carbocycles. The number of carbonyl (C=O) groups excluding carboxylic acids is 1. The molecule has 0 fully saturated rings. The van der Waals surface area contributed by atoms with Crippen LogP contribution < -0.4 is 10.6 Å². The van der Waals surface area contributed by atoms with Crippen LogP contribution in [0.15, 0.2) is 12.1 Å². The molecular weight excluding hydrogens is 302 g/mol. The lowest BCUT2D eigenvalue weighted by molar-refractivity contribution is 0.102. The Morgan fingerprint density at radius 3 is 2.41 bits per heavy atom. The molecule has 0 bridgehead atoms. The summed E-state index contributed by atoms with van der Waals surface area (Å²) < 4.78 is 0. The number of aryl methyl sites for hydroxylation is 2. The summed E-state index contributed by atoms with van der Waals surface area (Å²) in [5.41, 5.74) is 4.55.